The van der Waals surface area contributed by atoms with Gasteiger partial charge in [-0.1, -0.05) is 12.2 Å². The van der Waals surface area contributed by atoms with Gasteiger partial charge in [0.05, 0.1) is 12.2 Å². The molecule has 7 heteroatoms. The minimum absolute atomic E-state index is 0.0805. The Bertz CT molecular complexity index is 573. The fourth-order valence-corrected chi connectivity index (χ4v) is 2.60. The van der Waals surface area contributed by atoms with E-state index in [0.29, 0.717) is 29.9 Å². The molecular weight excluding hydrogens is 290 g/mol. The van der Waals surface area contributed by atoms with Crippen LogP contribution in [0.1, 0.15) is 30.1 Å². The molecule has 1 aliphatic heterocycles. The number of H-pyrrole nitrogens is 1. The van der Waals surface area contributed by atoms with Gasteiger partial charge in [-0.3, -0.25) is 4.79 Å². The molecule has 1 atom stereocenters. The van der Waals surface area contributed by atoms with Crippen molar-refractivity contribution in [1.29, 1.82) is 0 Å². The summed E-state index contributed by atoms with van der Waals surface area (Å²) in [6.07, 6.45) is 2.94. The highest BCUT2D eigenvalue weighted by molar-refractivity contribution is 7.71. The number of ether oxygens (including phenoxy) is 1. The molecule has 0 spiro atoms. The van der Waals surface area contributed by atoms with Crippen molar-refractivity contribution in [3.8, 4) is 0 Å². The molecule has 1 aromatic heterocycles. The lowest BCUT2D eigenvalue weighted by molar-refractivity contribution is 0.0685. The van der Waals surface area contributed by atoms with Gasteiger partial charge in [0.25, 0.3) is 5.91 Å². The van der Waals surface area contributed by atoms with Crippen LogP contribution in [0.5, 0.6) is 0 Å². The Balaban J connectivity index is 2.01. The zero-order chi connectivity index (χ0) is 15.2. The predicted octanol–water partition coefficient (Wildman–Crippen LogP) is 2.09. The molecule has 2 amide bonds. The number of carbonyl (C=O) groups is 2. The highest BCUT2D eigenvalue weighted by Crippen LogP contribution is 2.14. The fraction of sp³-hybridized carbons (Fsp3) is 0.500. The van der Waals surface area contributed by atoms with E-state index >= 15 is 0 Å². The van der Waals surface area contributed by atoms with E-state index in [9.17, 15) is 9.59 Å². The molecule has 1 aliphatic rings. The van der Waals surface area contributed by atoms with E-state index in [1.807, 2.05) is 0 Å². The van der Waals surface area contributed by atoms with Crippen molar-refractivity contribution < 1.29 is 14.3 Å². The summed E-state index contributed by atoms with van der Waals surface area (Å²) in [6, 6.07) is 3.38. The Morgan fingerprint density at radius 3 is 3.10 bits per heavy atom. The summed E-state index contributed by atoms with van der Waals surface area (Å²) in [6.45, 7) is 3.23. The summed E-state index contributed by atoms with van der Waals surface area (Å²) < 4.78 is 5.30. The van der Waals surface area contributed by atoms with E-state index in [4.69, 9.17) is 17.0 Å². The molecular formula is C14H19N3O3S. The number of piperidine rings is 1. The van der Waals surface area contributed by atoms with E-state index in [-0.39, 0.29) is 11.9 Å². The first-order valence-electron chi connectivity index (χ1n) is 7.02. The van der Waals surface area contributed by atoms with E-state index in [1.165, 1.54) is 0 Å². The van der Waals surface area contributed by atoms with Gasteiger partial charge in [0, 0.05) is 25.3 Å². The molecule has 0 unspecified atom stereocenters. The number of aromatic nitrogens is 1. The minimum Gasteiger partial charge on any atom is -0.450 e. The second kappa shape index (κ2) is 7.21. The lowest BCUT2D eigenvalue weighted by Gasteiger charge is -2.32. The Labute approximate surface area is 128 Å². The van der Waals surface area contributed by atoms with E-state index < -0.39 is 6.09 Å². The number of rotatable bonds is 3. The maximum atomic E-state index is 12.5. The standard InChI is InChI=1S/C14H19N3O3S/c1-2-20-14(19)16-10-5-4-8-17(9-10)13(18)11-6-3-7-15-12(11)21/h3,6-7,10H,2,4-5,8-9H2,1H3,(H,15,21)(H,16,19)/t10-/m1/s1. The fourth-order valence-electron chi connectivity index (χ4n) is 2.38. The Hall–Kier alpha value is -1.89. The second-order valence-corrected chi connectivity index (χ2v) is 5.28. The number of amides is 2. The Morgan fingerprint density at radius 2 is 2.38 bits per heavy atom. The van der Waals surface area contributed by atoms with Crippen molar-refractivity contribution in [2.75, 3.05) is 19.7 Å². The third-order valence-electron chi connectivity index (χ3n) is 3.35. The Morgan fingerprint density at radius 1 is 1.57 bits per heavy atom. The summed E-state index contributed by atoms with van der Waals surface area (Å²) in [5.74, 6) is -0.104. The van der Waals surface area contributed by atoms with E-state index in [0.717, 1.165) is 12.8 Å². The largest absolute Gasteiger partial charge is 0.450 e. The maximum absolute atomic E-state index is 12.5. The van der Waals surface area contributed by atoms with Crippen molar-refractivity contribution in [1.82, 2.24) is 15.2 Å². The highest BCUT2D eigenvalue weighted by atomic mass is 32.1. The van der Waals surface area contributed by atoms with Crippen LogP contribution >= 0.6 is 12.2 Å². The molecule has 114 valence electrons. The average molecular weight is 309 g/mol. The van der Waals surface area contributed by atoms with Crippen LogP contribution in [-0.4, -0.2) is 47.6 Å². The topological polar surface area (TPSA) is 74.4 Å². The number of hydrogen-bond acceptors (Lipinski definition) is 4. The van der Waals surface area contributed by atoms with Crippen LogP contribution in [0.2, 0.25) is 0 Å². The summed E-state index contributed by atoms with van der Waals surface area (Å²) >= 11 is 5.14. The number of alkyl carbamates (subject to hydrolysis) is 1. The third kappa shape index (κ3) is 4.04. The molecule has 2 rings (SSSR count). The minimum atomic E-state index is -0.436. The number of hydrogen-bond donors (Lipinski definition) is 2. The van der Waals surface area contributed by atoms with Gasteiger partial charge >= 0.3 is 6.09 Å². The van der Waals surface area contributed by atoms with Gasteiger partial charge in [-0.15, -0.1) is 0 Å². The smallest absolute Gasteiger partial charge is 0.407 e. The second-order valence-electron chi connectivity index (χ2n) is 4.87. The molecule has 0 aliphatic carbocycles. The maximum Gasteiger partial charge on any atom is 0.407 e. The van der Waals surface area contributed by atoms with Crippen LogP contribution in [-0.2, 0) is 4.74 Å². The summed E-state index contributed by atoms with van der Waals surface area (Å²) in [5.41, 5.74) is 0.490. The predicted molar refractivity (Wildman–Crippen MR) is 80.7 cm³/mol. The quantitative estimate of drug-likeness (QED) is 0.839. The van der Waals surface area contributed by atoms with Crippen molar-refractivity contribution in [2.24, 2.45) is 0 Å². The van der Waals surface area contributed by atoms with Crippen LogP contribution in [0, 0.1) is 4.64 Å². The van der Waals surface area contributed by atoms with Crippen LogP contribution in [0.25, 0.3) is 0 Å². The first-order valence-corrected chi connectivity index (χ1v) is 7.43. The first kappa shape index (κ1) is 15.5. The molecule has 0 radical (unpaired) electrons. The van der Waals surface area contributed by atoms with Gasteiger partial charge < -0.3 is 19.9 Å². The van der Waals surface area contributed by atoms with Gasteiger partial charge in [0.15, 0.2) is 0 Å². The van der Waals surface area contributed by atoms with E-state index in [2.05, 4.69) is 10.3 Å². The number of nitrogens with one attached hydrogen (secondary N) is 2. The lowest BCUT2D eigenvalue weighted by Crippen LogP contribution is -2.49. The van der Waals surface area contributed by atoms with Crippen LogP contribution in [0.4, 0.5) is 4.79 Å². The van der Waals surface area contributed by atoms with Crippen LogP contribution < -0.4 is 5.32 Å². The number of carbonyl (C=O) groups excluding carboxylic acids is 2. The van der Waals surface area contributed by atoms with Gasteiger partial charge in [0.2, 0.25) is 0 Å². The summed E-state index contributed by atoms with van der Waals surface area (Å²) in [5, 5.41) is 2.78. The monoisotopic (exact) mass is 309 g/mol. The molecule has 1 fully saturated rings. The molecule has 2 heterocycles. The van der Waals surface area contributed by atoms with Crippen LogP contribution in [0.15, 0.2) is 18.3 Å². The number of pyridine rings is 1. The molecule has 0 saturated carbocycles. The highest BCUT2D eigenvalue weighted by Gasteiger charge is 2.26. The Kier molecular flexibility index (Phi) is 5.32. The van der Waals surface area contributed by atoms with Gasteiger partial charge in [-0.25, -0.2) is 4.79 Å². The molecule has 0 aromatic carbocycles. The van der Waals surface area contributed by atoms with Crippen molar-refractivity contribution in [3.63, 3.8) is 0 Å². The number of likely N-dealkylation sites (tertiary alicyclic amines) is 1. The molecule has 1 saturated heterocycles. The average Bonchev–Trinajstić information content (AvgIpc) is 2.47. The molecule has 2 N–H and O–H groups in total. The van der Waals surface area contributed by atoms with Crippen molar-refractivity contribution in [3.05, 3.63) is 28.5 Å². The molecule has 1 aromatic rings. The van der Waals surface area contributed by atoms with Crippen LogP contribution in [0.3, 0.4) is 0 Å². The van der Waals surface area contributed by atoms with Gasteiger partial charge in [-0.05, 0) is 31.9 Å². The number of nitrogens with zero attached hydrogens (tertiary/aromatic N) is 1. The molecule has 6 nitrogen and oxygen atoms in total. The summed E-state index contributed by atoms with van der Waals surface area (Å²) in [4.78, 5) is 28.5. The SMILES string of the molecule is CCOC(=O)N[C@@H]1CCCN(C(=O)c2ccc[nH]c2=S)C1. The zero-order valence-electron chi connectivity index (χ0n) is 11.9. The normalized spacial score (nSPS) is 18.1. The summed E-state index contributed by atoms with van der Waals surface area (Å²) in [7, 11) is 0. The molecule has 21 heavy (non-hydrogen) atoms. The zero-order valence-corrected chi connectivity index (χ0v) is 12.7. The van der Waals surface area contributed by atoms with Crippen molar-refractivity contribution >= 4 is 24.2 Å². The van der Waals surface area contributed by atoms with Crippen molar-refractivity contribution in [2.45, 2.75) is 25.8 Å². The van der Waals surface area contributed by atoms with Gasteiger partial charge in [-0.2, -0.15) is 0 Å². The number of aromatic amines is 1. The lowest BCUT2D eigenvalue weighted by atomic mass is 10.0. The first-order chi connectivity index (χ1) is 10.1. The third-order valence-corrected chi connectivity index (χ3v) is 3.69. The van der Waals surface area contributed by atoms with E-state index in [1.54, 1.807) is 30.2 Å². The van der Waals surface area contributed by atoms with Gasteiger partial charge in [0.1, 0.15) is 4.64 Å². The molecule has 0 bridgehead atoms.